The van der Waals surface area contributed by atoms with Gasteiger partial charge in [0.1, 0.15) is 11.7 Å². The number of benzene rings is 1. The summed E-state index contributed by atoms with van der Waals surface area (Å²) in [5, 5.41) is 23.2. The molecule has 3 aromatic rings. The van der Waals surface area contributed by atoms with Crippen molar-refractivity contribution in [1.82, 2.24) is 19.3 Å². The van der Waals surface area contributed by atoms with Crippen LogP contribution in [0, 0.1) is 0 Å². The van der Waals surface area contributed by atoms with Crippen LogP contribution < -0.4 is 11.0 Å². The minimum atomic E-state index is -1.58. The zero-order valence-corrected chi connectivity index (χ0v) is 11.3. The second-order valence-electron chi connectivity index (χ2n) is 4.76. The Bertz CT molecular complexity index is 856. The van der Waals surface area contributed by atoms with Crippen LogP contribution in [0.25, 0.3) is 11.0 Å². The van der Waals surface area contributed by atoms with E-state index in [0.29, 0.717) is 22.1 Å². The van der Waals surface area contributed by atoms with Gasteiger partial charge < -0.3 is 10.0 Å². The Morgan fingerprint density at radius 1 is 1.29 bits per heavy atom. The summed E-state index contributed by atoms with van der Waals surface area (Å²) in [6.07, 6.45) is 2.92. The fourth-order valence-corrected chi connectivity index (χ4v) is 2.29. The monoisotopic (exact) mass is 284 g/mol. The van der Waals surface area contributed by atoms with E-state index in [4.69, 9.17) is 0 Å². The van der Waals surface area contributed by atoms with E-state index in [9.17, 15) is 14.8 Å². The molecule has 8 heteroatoms. The maximum absolute atomic E-state index is 12.4. The van der Waals surface area contributed by atoms with Gasteiger partial charge in [0.25, 0.3) is 5.56 Å². The number of hydrogen-bond donors (Lipinski definition) is 2. The van der Waals surface area contributed by atoms with Crippen molar-refractivity contribution in [3.63, 3.8) is 0 Å². The summed E-state index contributed by atoms with van der Waals surface area (Å²) in [5.74, 6) is 0. The predicted molar refractivity (Wildman–Crippen MR) is 78.1 cm³/mol. The van der Waals surface area contributed by atoms with Crippen molar-refractivity contribution >= 4 is 23.6 Å². The zero-order valence-electron chi connectivity index (χ0n) is 11.3. The molecular weight excluding hydrogens is 271 g/mol. The normalized spacial score (nSPS) is 11.0. The molecule has 0 saturated heterocycles. The Morgan fingerprint density at radius 3 is 2.81 bits per heavy atom. The maximum Gasteiger partial charge on any atom is 0.488 e. The number of aromatic nitrogens is 4. The highest BCUT2D eigenvalue weighted by atomic mass is 16.4. The van der Waals surface area contributed by atoms with Crippen LogP contribution in [-0.4, -0.2) is 36.5 Å². The average Bonchev–Trinajstić information content (AvgIpc) is 2.84. The summed E-state index contributed by atoms with van der Waals surface area (Å²) in [4.78, 5) is 16.6. The first-order valence-electron chi connectivity index (χ1n) is 6.39. The second kappa shape index (κ2) is 5.15. The van der Waals surface area contributed by atoms with E-state index in [1.807, 2.05) is 0 Å². The van der Waals surface area contributed by atoms with Crippen LogP contribution in [-0.2, 0) is 13.6 Å². The Labute approximate surface area is 120 Å². The summed E-state index contributed by atoms with van der Waals surface area (Å²) in [6, 6.07) is 6.85. The van der Waals surface area contributed by atoms with Gasteiger partial charge in [0, 0.05) is 7.05 Å². The lowest BCUT2D eigenvalue weighted by atomic mass is 9.77. The molecule has 0 amide bonds. The molecule has 3 rings (SSSR count). The van der Waals surface area contributed by atoms with E-state index in [1.54, 1.807) is 31.3 Å². The van der Waals surface area contributed by atoms with Crippen molar-refractivity contribution in [2.45, 2.75) is 6.54 Å². The Balaban J connectivity index is 2.07. The second-order valence-corrected chi connectivity index (χ2v) is 4.76. The lowest BCUT2D eigenvalue weighted by Gasteiger charge is -2.10. The highest BCUT2D eigenvalue weighted by molar-refractivity contribution is 6.59. The van der Waals surface area contributed by atoms with Gasteiger partial charge >= 0.3 is 7.12 Å². The maximum atomic E-state index is 12.4. The highest BCUT2D eigenvalue weighted by Crippen LogP contribution is 2.05. The van der Waals surface area contributed by atoms with E-state index >= 15 is 0 Å². The fourth-order valence-electron chi connectivity index (χ4n) is 2.29. The molecule has 0 radical (unpaired) electrons. The van der Waals surface area contributed by atoms with Gasteiger partial charge in [-0.1, -0.05) is 24.3 Å². The molecule has 0 aliphatic carbocycles. The Morgan fingerprint density at radius 2 is 2.05 bits per heavy atom. The smallest absolute Gasteiger partial charge is 0.423 e. The van der Waals surface area contributed by atoms with E-state index in [0.717, 1.165) is 0 Å². The molecule has 2 N–H and O–H groups in total. The predicted octanol–water partition coefficient (Wildman–Crippen LogP) is -1.14. The molecule has 0 atom stereocenters. The highest BCUT2D eigenvalue weighted by Gasteiger charge is 2.16. The molecule has 0 spiro atoms. The first kappa shape index (κ1) is 13.5. The third-order valence-electron chi connectivity index (χ3n) is 3.39. The molecule has 7 nitrogen and oxygen atoms in total. The summed E-state index contributed by atoms with van der Waals surface area (Å²) in [6.45, 7) is 0.213. The summed E-state index contributed by atoms with van der Waals surface area (Å²) in [5.41, 5.74) is 1.33. The van der Waals surface area contributed by atoms with Gasteiger partial charge in [-0.15, -0.1) is 0 Å². The van der Waals surface area contributed by atoms with Gasteiger partial charge in [-0.05, 0) is 11.0 Å². The van der Waals surface area contributed by atoms with Crippen LogP contribution >= 0.6 is 0 Å². The van der Waals surface area contributed by atoms with E-state index in [2.05, 4.69) is 10.1 Å². The number of nitrogens with zero attached hydrogens (tertiary/aromatic N) is 4. The first-order valence-corrected chi connectivity index (χ1v) is 6.39. The first-order chi connectivity index (χ1) is 10.1. The SMILES string of the molecule is Cn1ncc2c(=O)n(Cc3ccccc3B(O)O)cnc21. The van der Waals surface area contributed by atoms with Crippen LogP contribution in [0.2, 0.25) is 0 Å². The van der Waals surface area contributed by atoms with Gasteiger partial charge in [-0.3, -0.25) is 14.0 Å². The largest absolute Gasteiger partial charge is 0.488 e. The molecule has 0 fully saturated rings. The molecule has 0 bridgehead atoms. The summed E-state index contributed by atoms with van der Waals surface area (Å²) >= 11 is 0. The minimum Gasteiger partial charge on any atom is -0.423 e. The summed E-state index contributed by atoms with van der Waals surface area (Å²) < 4.78 is 2.96. The lowest BCUT2D eigenvalue weighted by Crippen LogP contribution is -2.34. The van der Waals surface area contributed by atoms with Crippen LogP contribution in [0.1, 0.15) is 5.56 Å². The van der Waals surface area contributed by atoms with E-state index < -0.39 is 7.12 Å². The number of fused-ring (bicyclic) bond motifs is 1. The van der Waals surface area contributed by atoms with Crippen molar-refractivity contribution in [3.8, 4) is 0 Å². The van der Waals surface area contributed by atoms with Gasteiger partial charge in [0.15, 0.2) is 5.65 Å². The lowest BCUT2D eigenvalue weighted by molar-refractivity contribution is 0.425. The average molecular weight is 284 g/mol. The molecule has 0 saturated carbocycles. The molecule has 1 aromatic carbocycles. The van der Waals surface area contributed by atoms with Gasteiger partial charge in [-0.2, -0.15) is 5.10 Å². The minimum absolute atomic E-state index is 0.213. The Hall–Kier alpha value is -2.45. The van der Waals surface area contributed by atoms with Crippen LogP contribution in [0.3, 0.4) is 0 Å². The third-order valence-corrected chi connectivity index (χ3v) is 3.39. The van der Waals surface area contributed by atoms with E-state index in [-0.39, 0.29) is 12.1 Å². The van der Waals surface area contributed by atoms with Crippen molar-refractivity contribution in [2.75, 3.05) is 0 Å². The molecule has 106 valence electrons. The number of rotatable bonds is 3. The molecule has 21 heavy (non-hydrogen) atoms. The number of hydrogen-bond acceptors (Lipinski definition) is 5. The molecule has 0 unspecified atom stereocenters. The fraction of sp³-hybridized carbons (Fsp3) is 0.154. The third kappa shape index (κ3) is 2.35. The van der Waals surface area contributed by atoms with Crippen molar-refractivity contribution in [1.29, 1.82) is 0 Å². The zero-order chi connectivity index (χ0) is 15.0. The molecule has 2 aromatic heterocycles. The molecule has 0 aliphatic heterocycles. The van der Waals surface area contributed by atoms with Gasteiger partial charge in [0.2, 0.25) is 0 Å². The molecule has 2 heterocycles. The van der Waals surface area contributed by atoms with Crippen molar-refractivity contribution < 1.29 is 10.0 Å². The van der Waals surface area contributed by atoms with Crippen LogP contribution in [0.15, 0.2) is 41.6 Å². The van der Waals surface area contributed by atoms with Crippen LogP contribution in [0.5, 0.6) is 0 Å². The van der Waals surface area contributed by atoms with Gasteiger partial charge in [-0.25, -0.2) is 4.98 Å². The van der Waals surface area contributed by atoms with Gasteiger partial charge in [0.05, 0.1) is 12.7 Å². The van der Waals surface area contributed by atoms with Crippen LogP contribution in [0.4, 0.5) is 0 Å². The Kier molecular flexibility index (Phi) is 3.32. The number of aryl methyl sites for hydroxylation is 1. The molecule has 0 aliphatic rings. The van der Waals surface area contributed by atoms with Crippen molar-refractivity contribution in [2.24, 2.45) is 7.05 Å². The summed E-state index contributed by atoms with van der Waals surface area (Å²) in [7, 11) is 0.142. The standard InChI is InChI=1S/C13H13BN4O3/c1-17-12-10(6-16-17)13(19)18(8-15-12)7-9-4-2-3-5-11(9)14(20)21/h2-6,8,20-21H,7H2,1H3. The topological polar surface area (TPSA) is 93.2 Å². The van der Waals surface area contributed by atoms with Crippen molar-refractivity contribution in [3.05, 3.63) is 52.7 Å². The molecular formula is C13H13BN4O3. The quantitative estimate of drug-likeness (QED) is 0.593. The van der Waals surface area contributed by atoms with E-state index in [1.165, 1.54) is 21.8 Å².